The summed E-state index contributed by atoms with van der Waals surface area (Å²) in [4.78, 5) is 10.9. The quantitative estimate of drug-likeness (QED) is 0.839. The van der Waals surface area contributed by atoms with Crippen LogP contribution in [-0.4, -0.2) is 17.7 Å². The molecule has 4 nitrogen and oxygen atoms in total. The molecule has 1 N–H and O–H groups in total. The highest BCUT2D eigenvalue weighted by Gasteiger charge is 2.28. The van der Waals surface area contributed by atoms with E-state index in [1.54, 1.807) is 0 Å². The minimum atomic E-state index is -0.801. The van der Waals surface area contributed by atoms with Crippen LogP contribution in [0, 0.1) is 0 Å². The second-order valence-corrected chi connectivity index (χ2v) is 7.21. The molecule has 2 atom stereocenters. The zero-order chi connectivity index (χ0) is 16.7. The SMILES string of the molecule is O=C(O)CC1COc2cc(O[C@H]3CCc4ccc(Br)cc43)ccc21. The molecule has 0 aromatic heterocycles. The average molecular weight is 389 g/mol. The molecule has 4 rings (SSSR count). The van der Waals surface area contributed by atoms with Gasteiger partial charge in [0, 0.05) is 22.0 Å². The Hall–Kier alpha value is -2.01. The van der Waals surface area contributed by atoms with Gasteiger partial charge in [0.15, 0.2) is 0 Å². The van der Waals surface area contributed by atoms with Crippen molar-refractivity contribution in [1.29, 1.82) is 0 Å². The minimum absolute atomic E-state index is 0.0479. The first-order valence-corrected chi connectivity index (χ1v) is 8.83. The molecule has 124 valence electrons. The molecule has 2 aromatic rings. The minimum Gasteiger partial charge on any atom is -0.492 e. The van der Waals surface area contributed by atoms with Crippen LogP contribution in [0.15, 0.2) is 40.9 Å². The van der Waals surface area contributed by atoms with Gasteiger partial charge in [-0.2, -0.15) is 0 Å². The predicted octanol–water partition coefficient (Wildman–Crippen LogP) is 4.47. The van der Waals surface area contributed by atoms with E-state index in [0.717, 1.165) is 34.4 Å². The zero-order valence-corrected chi connectivity index (χ0v) is 14.6. The third kappa shape index (κ3) is 2.88. The Bertz CT molecular complexity index is 802. The third-order valence-electron chi connectivity index (χ3n) is 4.69. The van der Waals surface area contributed by atoms with Crippen molar-refractivity contribution in [1.82, 2.24) is 0 Å². The first-order chi connectivity index (χ1) is 11.6. The van der Waals surface area contributed by atoms with Crippen LogP contribution < -0.4 is 9.47 Å². The maximum absolute atomic E-state index is 10.9. The van der Waals surface area contributed by atoms with Gasteiger partial charge in [-0.05, 0) is 42.2 Å². The molecule has 1 unspecified atom stereocenters. The Labute approximate surface area is 148 Å². The molecular formula is C19H17BrO4. The van der Waals surface area contributed by atoms with E-state index in [-0.39, 0.29) is 18.4 Å². The summed E-state index contributed by atoms with van der Waals surface area (Å²) < 4.78 is 12.9. The Morgan fingerprint density at radius 3 is 2.96 bits per heavy atom. The summed E-state index contributed by atoms with van der Waals surface area (Å²) in [6.07, 6.45) is 2.13. The number of halogens is 1. The van der Waals surface area contributed by atoms with E-state index in [4.69, 9.17) is 14.6 Å². The highest BCUT2D eigenvalue weighted by atomic mass is 79.9. The molecule has 5 heteroatoms. The molecule has 0 fully saturated rings. The molecule has 2 aromatic carbocycles. The van der Waals surface area contributed by atoms with E-state index in [9.17, 15) is 4.79 Å². The van der Waals surface area contributed by atoms with Gasteiger partial charge in [0.2, 0.25) is 0 Å². The summed E-state index contributed by atoms with van der Waals surface area (Å²) in [6.45, 7) is 0.421. The van der Waals surface area contributed by atoms with Gasteiger partial charge in [-0.15, -0.1) is 0 Å². The Morgan fingerprint density at radius 1 is 1.25 bits per heavy atom. The van der Waals surface area contributed by atoms with Gasteiger partial charge in [0.05, 0.1) is 13.0 Å². The topological polar surface area (TPSA) is 55.8 Å². The summed E-state index contributed by atoms with van der Waals surface area (Å²) in [5.41, 5.74) is 3.52. The van der Waals surface area contributed by atoms with Crippen LogP contribution >= 0.6 is 15.9 Å². The molecule has 0 saturated carbocycles. The van der Waals surface area contributed by atoms with Crippen LogP contribution in [0.4, 0.5) is 0 Å². The van der Waals surface area contributed by atoms with Crippen molar-refractivity contribution < 1.29 is 19.4 Å². The van der Waals surface area contributed by atoms with Crippen molar-refractivity contribution in [3.8, 4) is 11.5 Å². The molecule has 1 aliphatic carbocycles. The molecule has 0 saturated heterocycles. The van der Waals surface area contributed by atoms with Gasteiger partial charge < -0.3 is 14.6 Å². The number of carboxylic acid groups (broad SMARTS) is 1. The number of carbonyl (C=O) groups is 1. The zero-order valence-electron chi connectivity index (χ0n) is 13.0. The summed E-state index contributed by atoms with van der Waals surface area (Å²) in [7, 11) is 0. The summed E-state index contributed by atoms with van der Waals surface area (Å²) in [5.74, 6) is 0.633. The second kappa shape index (κ2) is 6.13. The van der Waals surface area contributed by atoms with Gasteiger partial charge in [-0.1, -0.05) is 28.1 Å². The normalized spacial score (nSPS) is 21.0. The highest BCUT2D eigenvalue weighted by molar-refractivity contribution is 9.10. The van der Waals surface area contributed by atoms with Crippen LogP contribution in [0.2, 0.25) is 0 Å². The Kier molecular flexibility index (Phi) is 3.96. The number of fused-ring (bicyclic) bond motifs is 2. The van der Waals surface area contributed by atoms with E-state index in [0.29, 0.717) is 6.61 Å². The standard InChI is InChI=1S/C19H17BrO4/c20-13-3-1-11-2-6-17(16(11)8-13)24-14-4-5-15-12(7-19(21)22)10-23-18(15)9-14/h1,3-5,8-9,12,17H,2,6-7,10H2,(H,21,22)/t12?,17-/m0/s1. The van der Waals surface area contributed by atoms with Gasteiger partial charge in [0.1, 0.15) is 17.6 Å². The van der Waals surface area contributed by atoms with E-state index in [1.165, 1.54) is 11.1 Å². The monoisotopic (exact) mass is 388 g/mol. The maximum Gasteiger partial charge on any atom is 0.304 e. The number of carboxylic acids is 1. The summed E-state index contributed by atoms with van der Waals surface area (Å²) in [5, 5.41) is 8.98. The van der Waals surface area contributed by atoms with Crippen LogP contribution in [0.5, 0.6) is 11.5 Å². The van der Waals surface area contributed by atoms with Crippen LogP contribution in [0.1, 0.15) is 41.6 Å². The maximum atomic E-state index is 10.9. The fourth-order valence-corrected chi connectivity index (χ4v) is 3.91. The molecule has 0 spiro atoms. The first kappa shape index (κ1) is 15.5. The van der Waals surface area contributed by atoms with Crippen LogP contribution in [-0.2, 0) is 11.2 Å². The van der Waals surface area contributed by atoms with E-state index in [2.05, 4.69) is 34.1 Å². The van der Waals surface area contributed by atoms with Crippen molar-refractivity contribution >= 4 is 21.9 Å². The molecule has 0 bridgehead atoms. The number of aryl methyl sites for hydroxylation is 1. The number of hydrogen-bond acceptors (Lipinski definition) is 3. The van der Waals surface area contributed by atoms with E-state index in [1.807, 2.05) is 18.2 Å². The molecule has 24 heavy (non-hydrogen) atoms. The highest BCUT2D eigenvalue weighted by Crippen LogP contribution is 2.41. The fourth-order valence-electron chi connectivity index (χ4n) is 3.53. The number of rotatable bonds is 4. The van der Waals surface area contributed by atoms with Crippen molar-refractivity contribution in [2.45, 2.75) is 31.3 Å². The van der Waals surface area contributed by atoms with Crippen molar-refractivity contribution in [3.63, 3.8) is 0 Å². The lowest BCUT2D eigenvalue weighted by molar-refractivity contribution is -0.137. The molecule has 1 aliphatic heterocycles. The van der Waals surface area contributed by atoms with E-state index < -0.39 is 5.97 Å². The number of hydrogen-bond donors (Lipinski definition) is 1. The molecule has 1 heterocycles. The van der Waals surface area contributed by atoms with Crippen molar-refractivity contribution in [3.05, 3.63) is 57.6 Å². The van der Waals surface area contributed by atoms with Gasteiger partial charge in [0.25, 0.3) is 0 Å². The Balaban J connectivity index is 1.54. The number of ether oxygens (including phenoxy) is 2. The molecule has 0 amide bonds. The van der Waals surface area contributed by atoms with Crippen LogP contribution in [0.3, 0.4) is 0 Å². The predicted molar refractivity (Wildman–Crippen MR) is 92.8 cm³/mol. The van der Waals surface area contributed by atoms with Gasteiger partial charge in [-0.25, -0.2) is 0 Å². The lowest BCUT2D eigenvalue weighted by Crippen LogP contribution is -2.07. The average Bonchev–Trinajstić information content (AvgIpc) is 3.11. The molecular weight excluding hydrogens is 372 g/mol. The van der Waals surface area contributed by atoms with Crippen molar-refractivity contribution in [2.24, 2.45) is 0 Å². The summed E-state index contributed by atoms with van der Waals surface area (Å²) >= 11 is 3.52. The summed E-state index contributed by atoms with van der Waals surface area (Å²) in [6, 6.07) is 12.1. The largest absolute Gasteiger partial charge is 0.492 e. The van der Waals surface area contributed by atoms with Crippen LogP contribution in [0.25, 0.3) is 0 Å². The molecule has 0 radical (unpaired) electrons. The Morgan fingerprint density at radius 2 is 2.12 bits per heavy atom. The third-order valence-corrected chi connectivity index (χ3v) is 5.19. The lowest BCUT2D eigenvalue weighted by atomic mass is 9.98. The van der Waals surface area contributed by atoms with E-state index >= 15 is 0 Å². The van der Waals surface area contributed by atoms with Gasteiger partial charge in [-0.3, -0.25) is 4.79 Å². The van der Waals surface area contributed by atoms with Gasteiger partial charge >= 0.3 is 5.97 Å². The smallest absolute Gasteiger partial charge is 0.304 e. The fraction of sp³-hybridized carbons (Fsp3) is 0.316. The lowest BCUT2D eigenvalue weighted by Gasteiger charge is -2.16. The number of aliphatic carboxylic acids is 1. The first-order valence-electron chi connectivity index (χ1n) is 8.03. The second-order valence-electron chi connectivity index (χ2n) is 6.29. The van der Waals surface area contributed by atoms with Crippen molar-refractivity contribution in [2.75, 3.05) is 6.61 Å². The molecule has 2 aliphatic rings. The number of benzene rings is 2.